The van der Waals surface area contributed by atoms with Crippen LogP contribution in [0.1, 0.15) is 51.4 Å². The molecule has 2 aliphatic rings. The van der Waals surface area contributed by atoms with E-state index in [1.807, 2.05) is 0 Å². The summed E-state index contributed by atoms with van der Waals surface area (Å²) in [6.45, 7) is 0. The number of hydrogen-bond donors (Lipinski definition) is 0. The summed E-state index contributed by atoms with van der Waals surface area (Å²) in [7, 11) is -2.99. The molecule has 2 fully saturated rings. The third kappa shape index (κ3) is 6.33. The van der Waals surface area contributed by atoms with Gasteiger partial charge in [-0.1, -0.05) is 0 Å². The molecule has 148 valence electrons. The second-order valence-corrected chi connectivity index (χ2v) is 10.1. The third-order valence-corrected chi connectivity index (χ3v) is 9.26. The van der Waals surface area contributed by atoms with E-state index in [4.69, 9.17) is 9.47 Å². The zero-order chi connectivity index (χ0) is 19.2. The maximum absolute atomic E-state index is 9.75. The van der Waals surface area contributed by atoms with E-state index in [9.17, 15) is 17.3 Å². The minimum absolute atomic E-state index is 0.524. The number of benzene rings is 1. The normalized spacial score (nSPS) is 18.7. The van der Waals surface area contributed by atoms with Crippen LogP contribution in [0.4, 0.5) is 17.3 Å². The molecule has 0 bridgehead atoms. The van der Waals surface area contributed by atoms with Crippen LogP contribution in [0.2, 0.25) is 0 Å². The van der Waals surface area contributed by atoms with E-state index in [0.717, 1.165) is 22.8 Å². The van der Waals surface area contributed by atoms with Crippen LogP contribution in [0.3, 0.4) is 0 Å². The third-order valence-electron chi connectivity index (χ3n) is 5.31. The van der Waals surface area contributed by atoms with Gasteiger partial charge in [0.1, 0.15) is 11.1 Å². The molecule has 1 aromatic rings. The van der Waals surface area contributed by atoms with Gasteiger partial charge in [-0.25, -0.2) is 0 Å². The van der Waals surface area contributed by atoms with Crippen molar-refractivity contribution >= 4 is 20.5 Å². The Hall–Kier alpha value is -0.965. The lowest BCUT2D eigenvalue weighted by Crippen LogP contribution is -2.20. The number of halogens is 4. The van der Waals surface area contributed by atoms with Crippen molar-refractivity contribution in [2.75, 3.05) is 14.2 Å². The van der Waals surface area contributed by atoms with Crippen LogP contribution >= 0.6 is 7.92 Å². The van der Waals surface area contributed by atoms with E-state index in [0.29, 0.717) is 0 Å². The Morgan fingerprint density at radius 1 is 0.846 bits per heavy atom. The summed E-state index contributed by atoms with van der Waals surface area (Å²) in [5.74, 6) is 1.98. The number of rotatable bonds is 5. The molecule has 0 unspecified atom stereocenters. The highest BCUT2D eigenvalue weighted by molar-refractivity contribution is 7.67. The fourth-order valence-corrected chi connectivity index (χ4v) is 8.63. The number of ether oxygens (including phenoxy) is 2. The Morgan fingerprint density at radius 2 is 1.31 bits per heavy atom. The first-order valence-corrected chi connectivity index (χ1v) is 11.0. The maximum atomic E-state index is 9.75. The second-order valence-electron chi connectivity index (χ2n) is 6.98. The van der Waals surface area contributed by atoms with Gasteiger partial charge in [0.15, 0.2) is 5.75 Å². The van der Waals surface area contributed by atoms with Crippen LogP contribution < -0.4 is 14.8 Å². The molecule has 2 aliphatic carbocycles. The standard InChI is InChI=1S/C18H27O2P.BF4/c1-19-14-11-12-18(17(13-14)20-2)21(15-7-3-4-8-15)16-9-5-6-10-16;2-1(3,4)5/h11-13,15-16H,3-10H2,1-2H3;/q;-1/p+1. The summed E-state index contributed by atoms with van der Waals surface area (Å²) in [4.78, 5) is 0. The largest absolute Gasteiger partial charge is 0.673 e. The van der Waals surface area contributed by atoms with Crippen LogP contribution in [0, 0.1) is 0 Å². The van der Waals surface area contributed by atoms with Gasteiger partial charge < -0.3 is 26.7 Å². The number of hydrogen-bond acceptors (Lipinski definition) is 2. The Kier molecular flexibility index (Phi) is 8.06. The van der Waals surface area contributed by atoms with E-state index in [1.54, 1.807) is 14.2 Å². The molecule has 0 atom stereocenters. The second kappa shape index (κ2) is 9.82. The molecule has 0 spiro atoms. The quantitative estimate of drug-likeness (QED) is 0.361. The van der Waals surface area contributed by atoms with Crippen molar-refractivity contribution < 1.29 is 26.7 Å². The minimum atomic E-state index is -6.00. The first kappa shape index (κ1) is 21.3. The molecular formula is C18H28BF4O2P. The molecule has 0 radical (unpaired) electrons. The number of methoxy groups -OCH3 is 2. The summed E-state index contributed by atoms with van der Waals surface area (Å²) in [6.07, 6.45) is 11.5. The average Bonchev–Trinajstić information content (AvgIpc) is 3.28. The van der Waals surface area contributed by atoms with Crippen LogP contribution in [0.5, 0.6) is 11.5 Å². The van der Waals surface area contributed by atoms with Gasteiger partial charge in [-0.05, 0) is 63.5 Å². The summed E-state index contributed by atoms with van der Waals surface area (Å²) in [5.41, 5.74) is 1.92. The van der Waals surface area contributed by atoms with Gasteiger partial charge in [0.2, 0.25) is 0 Å². The van der Waals surface area contributed by atoms with Gasteiger partial charge in [0.25, 0.3) is 0 Å². The van der Waals surface area contributed by atoms with Gasteiger partial charge in [0, 0.05) is 14.0 Å². The molecule has 0 aromatic heterocycles. The molecule has 1 aromatic carbocycles. The van der Waals surface area contributed by atoms with Crippen LogP contribution in [0.15, 0.2) is 18.2 Å². The van der Waals surface area contributed by atoms with Gasteiger partial charge in [-0.2, -0.15) is 0 Å². The minimum Gasteiger partial charge on any atom is -0.497 e. The Balaban J connectivity index is 0.000000431. The SMILES string of the molecule is COc1ccc([PH+](C2CCCC2)C2CCCC2)c(OC)c1.F[B-](F)(F)F. The highest BCUT2D eigenvalue weighted by Gasteiger charge is 2.42. The molecule has 0 amide bonds. The molecule has 2 nitrogen and oxygen atoms in total. The summed E-state index contributed by atoms with van der Waals surface area (Å²) < 4.78 is 50.1. The van der Waals surface area contributed by atoms with Crippen molar-refractivity contribution in [1.29, 1.82) is 0 Å². The zero-order valence-corrected chi connectivity index (χ0v) is 16.4. The van der Waals surface area contributed by atoms with Crippen LogP contribution in [-0.2, 0) is 0 Å². The van der Waals surface area contributed by atoms with Crippen molar-refractivity contribution in [2.45, 2.75) is 62.7 Å². The topological polar surface area (TPSA) is 18.5 Å². The van der Waals surface area contributed by atoms with Gasteiger partial charge in [-0.15, -0.1) is 0 Å². The van der Waals surface area contributed by atoms with Crippen molar-refractivity contribution in [3.63, 3.8) is 0 Å². The van der Waals surface area contributed by atoms with E-state index in [-0.39, 0.29) is 0 Å². The predicted molar refractivity (Wildman–Crippen MR) is 102 cm³/mol. The lowest BCUT2D eigenvalue weighted by atomic mass is 10.3. The maximum Gasteiger partial charge on any atom is 0.673 e. The molecule has 2 saturated carbocycles. The monoisotopic (exact) mass is 394 g/mol. The summed E-state index contributed by atoms with van der Waals surface area (Å²) >= 11 is 0. The van der Waals surface area contributed by atoms with Crippen LogP contribution in [0.25, 0.3) is 0 Å². The van der Waals surface area contributed by atoms with Gasteiger partial charge in [0.05, 0.1) is 25.5 Å². The van der Waals surface area contributed by atoms with E-state index in [1.165, 1.54) is 56.7 Å². The molecule has 0 N–H and O–H groups in total. The molecular weight excluding hydrogens is 366 g/mol. The predicted octanol–water partition coefficient (Wildman–Crippen LogP) is 5.73. The van der Waals surface area contributed by atoms with Crippen molar-refractivity contribution in [3.05, 3.63) is 18.2 Å². The van der Waals surface area contributed by atoms with Crippen molar-refractivity contribution in [2.24, 2.45) is 0 Å². The highest BCUT2D eigenvalue weighted by atomic mass is 31.1. The molecule has 0 heterocycles. The van der Waals surface area contributed by atoms with E-state index in [2.05, 4.69) is 18.2 Å². The van der Waals surface area contributed by atoms with E-state index < -0.39 is 15.2 Å². The van der Waals surface area contributed by atoms with Gasteiger partial charge >= 0.3 is 7.25 Å². The molecule has 8 heteroatoms. The van der Waals surface area contributed by atoms with Gasteiger partial charge in [-0.3, -0.25) is 0 Å². The highest BCUT2D eigenvalue weighted by Crippen LogP contribution is 2.57. The Bertz CT molecular complexity index is 537. The van der Waals surface area contributed by atoms with Crippen molar-refractivity contribution in [1.82, 2.24) is 0 Å². The smallest absolute Gasteiger partial charge is 0.497 e. The summed E-state index contributed by atoms with van der Waals surface area (Å²) in [6, 6.07) is 6.53. The first-order chi connectivity index (χ1) is 12.3. The zero-order valence-electron chi connectivity index (χ0n) is 15.4. The Labute approximate surface area is 154 Å². The lowest BCUT2D eigenvalue weighted by Gasteiger charge is -2.24. The van der Waals surface area contributed by atoms with E-state index >= 15 is 0 Å². The summed E-state index contributed by atoms with van der Waals surface area (Å²) in [5, 5.41) is 1.53. The van der Waals surface area contributed by atoms with Crippen molar-refractivity contribution in [3.8, 4) is 11.5 Å². The fraction of sp³-hybridized carbons (Fsp3) is 0.667. The Morgan fingerprint density at radius 3 is 1.69 bits per heavy atom. The average molecular weight is 394 g/mol. The molecule has 0 aliphatic heterocycles. The molecule has 26 heavy (non-hydrogen) atoms. The first-order valence-electron chi connectivity index (χ1n) is 9.30. The van der Waals surface area contributed by atoms with Crippen LogP contribution in [-0.4, -0.2) is 32.8 Å². The molecule has 3 rings (SSSR count). The fourth-order valence-electron chi connectivity index (χ4n) is 4.28. The molecule has 0 saturated heterocycles. The lowest BCUT2D eigenvalue weighted by molar-refractivity contribution is 0.368.